The maximum Gasteiger partial charge on any atom is 0.0828 e. The van der Waals surface area contributed by atoms with E-state index in [0.717, 1.165) is 24.2 Å². The van der Waals surface area contributed by atoms with Crippen molar-refractivity contribution in [1.82, 2.24) is 15.4 Å². The highest BCUT2D eigenvalue weighted by molar-refractivity contribution is 5.39. The Morgan fingerprint density at radius 3 is 2.57 bits per heavy atom. The topological polar surface area (TPSA) is 67.6 Å². The molecule has 0 saturated carbocycles. The summed E-state index contributed by atoms with van der Waals surface area (Å²) >= 11 is 0. The molecule has 4 nitrogen and oxygen atoms in total. The number of rotatable bonds is 3. The molecule has 1 heterocycles. The number of benzene rings is 1. The molecule has 2 aromatic rings. The molecule has 14 heavy (non-hydrogen) atoms. The first kappa shape index (κ1) is 8.74. The summed E-state index contributed by atoms with van der Waals surface area (Å²) in [7, 11) is 0. The third-order valence-electron chi connectivity index (χ3n) is 2.11. The second-order valence-electron chi connectivity index (χ2n) is 3.20. The van der Waals surface area contributed by atoms with Gasteiger partial charge in [0.05, 0.1) is 11.9 Å². The van der Waals surface area contributed by atoms with Crippen LogP contribution in [0.5, 0.6) is 0 Å². The number of nitrogens with one attached hydrogen (secondary N) is 1. The SMILES string of the molecule is Nc1ccc(CCc2cn[nH]n2)cc1. The van der Waals surface area contributed by atoms with E-state index < -0.39 is 0 Å². The van der Waals surface area contributed by atoms with Gasteiger partial charge < -0.3 is 5.73 Å². The molecular formula is C10H12N4. The minimum Gasteiger partial charge on any atom is -0.399 e. The smallest absolute Gasteiger partial charge is 0.0828 e. The van der Waals surface area contributed by atoms with Crippen LogP contribution in [0, 0.1) is 0 Å². The highest BCUT2D eigenvalue weighted by atomic mass is 15.3. The number of hydrogen-bond acceptors (Lipinski definition) is 3. The third-order valence-corrected chi connectivity index (χ3v) is 2.11. The van der Waals surface area contributed by atoms with E-state index in [4.69, 9.17) is 5.73 Å². The Kier molecular flexibility index (Phi) is 2.44. The molecule has 0 radical (unpaired) electrons. The number of aryl methyl sites for hydroxylation is 2. The Morgan fingerprint density at radius 2 is 1.93 bits per heavy atom. The summed E-state index contributed by atoms with van der Waals surface area (Å²) in [6.07, 6.45) is 3.62. The second-order valence-corrected chi connectivity index (χ2v) is 3.20. The monoisotopic (exact) mass is 188 g/mol. The first-order chi connectivity index (χ1) is 6.84. The van der Waals surface area contributed by atoms with Crippen LogP contribution in [0.2, 0.25) is 0 Å². The molecule has 0 spiro atoms. The van der Waals surface area contributed by atoms with Crippen LogP contribution in [0.1, 0.15) is 11.3 Å². The van der Waals surface area contributed by atoms with Gasteiger partial charge in [-0.25, -0.2) is 0 Å². The van der Waals surface area contributed by atoms with Crippen molar-refractivity contribution in [1.29, 1.82) is 0 Å². The molecule has 0 aliphatic heterocycles. The zero-order chi connectivity index (χ0) is 9.80. The Bertz CT molecular complexity index is 377. The Hall–Kier alpha value is -1.84. The molecule has 0 fully saturated rings. The third kappa shape index (κ3) is 2.10. The van der Waals surface area contributed by atoms with E-state index in [9.17, 15) is 0 Å². The fourth-order valence-corrected chi connectivity index (χ4v) is 1.30. The maximum absolute atomic E-state index is 5.59. The van der Waals surface area contributed by atoms with Crippen LogP contribution >= 0.6 is 0 Å². The van der Waals surface area contributed by atoms with Crippen molar-refractivity contribution in [3.63, 3.8) is 0 Å². The van der Waals surface area contributed by atoms with Crippen LogP contribution in [0.25, 0.3) is 0 Å². The highest BCUT2D eigenvalue weighted by Crippen LogP contribution is 2.07. The molecule has 0 atom stereocenters. The first-order valence-corrected chi connectivity index (χ1v) is 4.53. The van der Waals surface area contributed by atoms with E-state index >= 15 is 0 Å². The summed E-state index contributed by atoms with van der Waals surface area (Å²) in [4.78, 5) is 0. The summed E-state index contributed by atoms with van der Waals surface area (Å²) in [5, 5.41) is 10.3. The van der Waals surface area contributed by atoms with Gasteiger partial charge in [0.15, 0.2) is 0 Å². The standard InChI is InChI=1S/C10H12N4/c11-9-4-1-8(2-5-9)3-6-10-7-12-14-13-10/h1-2,4-5,7H,3,6,11H2,(H,12,13,14). The van der Waals surface area contributed by atoms with Gasteiger partial charge in [-0.15, -0.1) is 0 Å². The van der Waals surface area contributed by atoms with Crippen LogP contribution in [0.15, 0.2) is 30.5 Å². The lowest BCUT2D eigenvalue weighted by molar-refractivity contribution is 0.871. The second kappa shape index (κ2) is 3.91. The predicted molar refractivity (Wildman–Crippen MR) is 54.6 cm³/mol. The number of nitrogens with zero attached hydrogens (tertiary/aromatic N) is 2. The molecule has 0 saturated heterocycles. The molecule has 2 rings (SSSR count). The molecule has 1 aromatic carbocycles. The van der Waals surface area contributed by atoms with Crippen LogP contribution in [0.4, 0.5) is 5.69 Å². The van der Waals surface area contributed by atoms with Gasteiger partial charge in [-0.3, -0.25) is 0 Å². The average Bonchev–Trinajstić information content (AvgIpc) is 2.70. The number of H-pyrrole nitrogens is 1. The molecule has 0 bridgehead atoms. The Labute approximate surface area is 82.1 Å². The molecule has 0 aliphatic carbocycles. The van der Waals surface area contributed by atoms with Gasteiger partial charge in [0, 0.05) is 5.69 Å². The maximum atomic E-state index is 5.59. The van der Waals surface area contributed by atoms with E-state index in [2.05, 4.69) is 15.4 Å². The molecule has 4 heteroatoms. The number of hydrogen-bond donors (Lipinski definition) is 2. The largest absolute Gasteiger partial charge is 0.399 e. The quantitative estimate of drug-likeness (QED) is 0.710. The van der Waals surface area contributed by atoms with Gasteiger partial charge >= 0.3 is 0 Å². The van der Waals surface area contributed by atoms with Crippen molar-refractivity contribution in [2.24, 2.45) is 0 Å². The first-order valence-electron chi connectivity index (χ1n) is 4.53. The minimum absolute atomic E-state index is 0.801. The lowest BCUT2D eigenvalue weighted by Crippen LogP contribution is -1.92. The van der Waals surface area contributed by atoms with Gasteiger partial charge in [-0.1, -0.05) is 12.1 Å². The molecule has 0 amide bonds. The van der Waals surface area contributed by atoms with Crippen LogP contribution in [0.3, 0.4) is 0 Å². The number of anilines is 1. The van der Waals surface area contributed by atoms with Crippen molar-refractivity contribution >= 4 is 5.69 Å². The number of aromatic amines is 1. The summed E-state index contributed by atoms with van der Waals surface area (Å²) in [5.41, 5.74) is 8.64. The fourth-order valence-electron chi connectivity index (χ4n) is 1.30. The zero-order valence-corrected chi connectivity index (χ0v) is 7.77. The summed E-state index contributed by atoms with van der Waals surface area (Å²) in [5.74, 6) is 0. The molecule has 3 N–H and O–H groups in total. The van der Waals surface area contributed by atoms with Crippen LogP contribution in [-0.2, 0) is 12.8 Å². The van der Waals surface area contributed by atoms with E-state index in [1.165, 1.54) is 5.56 Å². The molecular weight excluding hydrogens is 176 g/mol. The predicted octanol–water partition coefficient (Wildman–Crippen LogP) is 1.17. The summed E-state index contributed by atoms with van der Waals surface area (Å²) in [6, 6.07) is 7.90. The van der Waals surface area contributed by atoms with Crippen LogP contribution < -0.4 is 5.73 Å². The van der Waals surface area contributed by atoms with Crippen molar-refractivity contribution in [2.45, 2.75) is 12.8 Å². The van der Waals surface area contributed by atoms with E-state index in [1.807, 2.05) is 24.3 Å². The van der Waals surface area contributed by atoms with Gasteiger partial charge in [0.2, 0.25) is 0 Å². The summed E-state index contributed by atoms with van der Waals surface area (Å²) in [6.45, 7) is 0. The van der Waals surface area contributed by atoms with E-state index in [0.29, 0.717) is 0 Å². The number of nitrogen functional groups attached to an aromatic ring is 1. The Balaban J connectivity index is 1.95. The lowest BCUT2D eigenvalue weighted by atomic mass is 10.1. The molecule has 72 valence electrons. The zero-order valence-electron chi connectivity index (χ0n) is 7.77. The van der Waals surface area contributed by atoms with Gasteiger partial charge in [-0.05, 0) is 30.5 Å². The van der Waals surface area contributed by atoms with Crippen molar-refractivity contribution in [3.05, 3.63) is 41.7 Å². The molecule has 0 aliphatic rings. The Morgan fingerprint density at radius 1 is 1.14 bits per heavy atom. The van der Waals surface area contributed by atoms with Crippen molar-refractivity contribution in [3.8, 4) is 0 Å². The molecule has 1 aromatic heterocycles. The normalized spacial score (nSPS) is 10.3. The molecule has 0 unspecified atom stereocenters. The summed E-state index contributed by atoms with van der Waals surface area (Å²) < 4.78 is 0. The van der Waals surface area contributed by atoms with Crippen molar-refractivity contribution < 1.29 is 0 Å². The fraction of sp³-hybridized carbons (Fsp3) is 0.200. The minimum atomic E-state index is 0.801. The van der Waals surface area contributed by atoms with Crippen molar-refractivity contribution in [2.75, 3.05) is 5.73 Å². The van der Waals surface area contributed by atoms with Gasteiger partial charge in [-0.2, -0.15) is 15.4 Å². The lowest BCUT2D eigenvalue weighted by Gasteiger charge is -1.99. The highest BCUT2D eigenvalue weighted by Gasteiger charge is 1.97. The van der Waals surface area contributed by atoms with Gasteiger partial charge in [0.25, 0.3) is 0 Å². The van der Waals surface area contributed by atoms with Gasteiger partial charge in [0.1, 0.15) is 0 Å². The number of nitrogens with two attached hydrogens (primary N) is 1. The van der Waals surface area contributed by atoms with E-state index in [-0.39, 0.29) is 0 Å². The van der Waals surface area contributed by atoms with E-state index in [1.54, 1.807) is 6.20 Å². The average molecular weight is 188 g/mol. The number of aromatic nitrogens is 3. The van der Waals surface area contributed by atoms with Crippen LogP contribution in [-0.4, -0.2) is 15.4 Å².